The summed E-state index contributed by atoms with van der Waals surface area (Å²) in [4.78, 5) is 12.0. The number of hydrogen-bond acceptors (Lipinski definition) is 4. The number of piperidine rings is 1. The first-order valence-electron chi connectivity index (χ1n) is 8.14. The highest BCUT2D eigenvalue weighted by Crippen LogP contribution is 2.34. The van der Waals surface area contributed by atoms with Gasteiger partial charge < -0.3 is 20.8 Å². The Hall–Kier alpha value is -1.64. The number of aryl methyl sites for hydroxylation is 1. The minimum absolute atomic E-state index is 0.164. The predicted molar refractivity (Wildman–Crippen MR) is 85.7 cm³/mol. The molecule has 0 bridgehead atoms. The van der Waals surface area contributed by atoms with Crippen molar-refractivity contribution >= 4 is 5.91 Å². The molecule has 25 heavy (non-hydrogen) atoms. The number of carbonyl (C=O) groups is 1. The molecule has 140 valence electrons. The van der Waals surface area contributed by atoms with Crippen molar-refractivity contribution in [2.75, 3.05) is 13.1 Å². The first kappa shape index (κ1) is 19.7. The van der Waals surface area contributed by atoms with Gasteiger partial charge in [-0.2, -0.15) is 8.78 Å². The minimum atomic E-state index is -4.02. The number of aliphatic hydroxyl groups excluding tert-OH is 1. The summed E-state index contributed by atoms with van der Waals surface area (Å²) >= 11 is 0. The number of amides is 1. The van der Waals surface area contributed by atoms with E-state index < -0.39 is 41.9 Å². The fourth-order valence-corrected chi connectivity index (χ4v) is 2.83. The zero-order chi connectivity index (χ0) is 18.8. The molecule has 0 aromatic heterocycles. The predicted octanol–water partition coefficient (Wildman–Crippen LogP) is 1.42. The lowest BCUT2D eigenvalue weighted by Crippen LogP contribution is -2.64. The number of rotatable bonds is 5. The standard InChI is InChI=1S/C17H23F3N2O3/c1-10-4-5-12(8-13(10)18)14(23)11(2)22-15(24)17(19,20)16(25)6-3-7-21-9-16/h4-5,8,11,14,21,23,25H,3,6-7,9H2,1-2H3,(H,22,24). The van der Waals surface area contributed by atoms with E-state index in [-0.39, 0.29) is 12.0 Å². The van der Waals surface area contributed by atoms with Gasteiger partial charge in [-0.15, -0.1) is 0 Å². The summed E-state index contributed by atoms with van der Waals surface area (Å²) in [7, 11) is 0. The normalized spacial score (nSPS) is 23.8. The van der Waals surface area contributed by atoms with E-state index in [2.05, 4.69) is 5.32 Å². The lowest BCUT2D eigenvalue weighted by Gasteiger charge is -2.38. The maximum absolute atomic E-state index is 14.4. The molecule has 1 fully saturated rings. The summed E-state index contributed by atoms with van der Waals surface area (Å²) in [5.41, 5.74) is -1.93. The molecule has 1 saturated heterocycles. The topological polar surface area (TPSA) is 81.6 Å². The molecule has 0 radical (unpaired) electrons. The monoisotopic (exact) mass is 360 g/mol. The van der Waals surface area contributed by atoms with Crippen molar-refractivity contribution in [1.29, 1.82) is 0 Å². The van der Waals surface area contributed by atoms with Crippen molar-refractivity contribution in [3.05, 3.63) is 35.1 Å². The van der Waals surface area contributed by atoms with Gasteiger partial charge in [0.2, 0.25) is 0 Å². The van der Waals surface area contributed by atoms with Gasteiger partial charge in [-0.25, -0.2) is 4.39 Å². The maximum Gasteiger partial charge on any atom is 0.353 e. The Balaban J connectivity index is 2.08. The number of benzene rings is 1. The van der Waals surface area contributed by atoms with Crippen molar-refractivity contribution in [3.63, 3.8) is 0 Å². The maximum atomic E-state index is 14.4. The highest BCUT2D eigenvalue weighted by atomic mass is 19.3. The van der Waals surface area contributed by atoms with Crippen molar-refractivity contribution in [3.8, 4) is 0 Å². The first-order valence-corrected chi connectivity index (χ1v) is 8.14. The van der Waals surface area contributed by atoms with Gasteiger partial charge in [0.25, 0.3) is 5.91 Å². The Labute approximate surface area is 144 Å². The van der Waals surface area contributed by atoms with Gasteiger partial charge >= 0.3 is 5.92 Å². The Morgan fingerprint density at radius 1 is 1.44 bits per heavy atom. The van der Waals surface area contributed by atoms with E-state index in [1.165, 1.54) is 19.1 Å². The van der Waals surface area contributed by atoms with Crippen LogP contribution in [0.25, 0.3) is 0 Å². The summed E-state index contributed by atoms with van der Waals surface area (Å²) in [6.07, 6.45) is -1.25. The molecule has 0 aliphatic carbocycles. The Kier molecular flexibility index (Phi) is 5.75. The lowest BCUT2D eigenvalue weighted by atomic mass is 9.86. The minimum Gasteiger partial charge on any atom is -0.386 e. The number of alkyl halides is 2. The van der Waals surface area contributed by atoms with Crippen LogP contribution >= 0.6 is 0 Å². The largest absolute Gasteiger partial charge is 0.386 e. The van der Waals surface area contributed by atoms with Crippen LogP contribution in [-0.2, 0) is 4.79 Å². The van der Waals surface area contributed by atoms with Gasteiger partial charge in [0.05, 0.1) is 12.1 Å². The van der Waals surface area contributed by atoms with Gasteiger partial charge in [-0.1, -0.05) is 12.1 Å². The van der Waals surface area contributed by atoms with E-state index in [1.807, 2.05) is 5.32 Å². The SMILES string of the molecule is Cc1ccc(C(O)C(C)NC(=O)C(F)(F)C2(O)CCCNC2)cc1F. The molecule has 1 amide bonds. The summed E-state index contributed by atoms with van der Waals surface area (Å²) in [5.74, 6) is -6.23. The Morgan fingerprint density at radius 3 is 2.68 bits per heavy atom. The number of nitrogens with one attached hydrogen (secondary N) is 2. The second-order valence-electron chi connectivity index (χ2n) is 6.60. The third-order valence-electron chi connectivity index (χ3n) is 4.60. The number of β-amino-alcohol motifs (C(OH)–C–C–N with tert-alkyl or cyclic N) is 1. The van der Waals surface area contributed by atoms with E-state index in [9.17, 15) is 28.2 Å². The van der Waals surface area contributed by atoms with E-state index in [1.54, 1.807) is 6.92 Å². The fourth-order valence-electron chi connectivity index (χ4n) is 2.83. The van der Waals surface area contributed by atoms with E-state index in [4.69, 9.17) is 0 Å². The average Bonchev–Trinajstić information content (AvgIpc) is 2.57. The molecule has 1 aromatic rings. The molecule has 3 atom stereocenters. The molecule has 8 heteroatoms. The lowest BCUT2D eigenvalue weighted by molar-refractivity contribution is -0.197. The zero-order valence-corrected chi connectivity index (χ0v) is 14.2. The molecule has 1 aliphatic rings. The second kappa shape index (κ2) is 7.31. The Bertz CT molecular complexity index is 634. The van der Waals surface area contributed by atoms with Gasteiger partial charge in [0.1, 0.15) is 11.4 Å². The summed E-state index contributed by atoms with van der Waals surface area (Å²) < 4.78 is 42.4. The van der Waals surface area contributed by atoms with Crippen LogP contribution < -0.4 is 10.6 Å². The van der Waals surface area contributed by atoms with Crippen molar-refractivity contribution in [2.24, 2.45) is 0 Å². The molecule has 1 heterocycles. The zero-order valence-electron chi connectivity index (χ0n) is 14.2. The van der Waals surface area contributed by atoms with E-state index >= 15 is 0 Å². The summed E-state index contributed by atoms with van der Waals surface area (Å²) in [6.45, 7) is 2.98. The smallest absolute Gasteiger partial charge is 0.353 e. The summed E-state index contributed by atoms with van der Waals surface area (Å²) in [6, 6.07) is 2.91. The van der Waals surface area contributed by atoms with E-state index in [0.29, 0.717) is 18.5 Å². The van der Waals surface area contributed by atoms with Crippen LogP contribution in [0.15, 0.2) is 18.2 Å². The van der Waals surface area contributed by atoms with Crippen LogP contribution in [0, 0.1) is 12.7 Å². The number of halogens is 3. The van der Waals surface area contributed by atoms with Crippen molar-refractivity contribution in [1.82, 2.24) is 10.6 Å². The van der Waals surface area contributed by atoms with E-state index in [0.717, 1.165) is 6.07 Å². The van der Waals surface area contributed by atoms with Crippen LogP contribution in [0.4, 0.5) is 13.2 Å². The number of aliphatic hydroxyl groups is 2. The molecular weight excluding hydrogens is 337 g/mol. The Morgan fingerprint density at radius 2 is 2.12 bits per heavy atom. The molecule has 4 N–H and O–H groups in total. The third-order valence-corrected chi connectivity index (χ3v) is 4.60. The fraction of sp³-hybridized carbons (Fsp3) is 0.588. The molecule has 1 aromatic carbocycles. The van der Waals surface area contributed by atoms with Gasteiger partial charge in [-0.3, -0.25) is 4.79 Å². The van der Waals surface area contributed by atoms with Gasteiger partial charge in [0.15, 0.2) is 0 Å². The van der Waals surface area contributed by atoms with Crippen LogP contribution in [0.2, 0.25) is 0 Å². The highest BCUT2D eigenvalue weighted by Gasteiger charge is 2.58. The van der Waals surface area contributed by atoms with Gasteiger partial charge in [0, 0.05) is 6.54 Å². The van der Waals surface area contributed by atoms with Gasteiger partial charge in [-0.05, 0) is 50.4 Å². The molecular formula is C17H23F3N2O3. The molecule has 5 nitrogen and oxygen atoms in total. The molecule has 3 unspecified atom stereocenters. The van der Waals surface area contributed by atoms with Crippen LogP contribution in [0.5, 0.6) is 0 Å². The molecule has 2 rings (SSSR count). The van der Waals surface area contributed by atoms with Crippen LogP contribution in [-0.4, -0.2) is 46.8 Å². The van der Waals surface area contributed by atoms with Crippen molar-refractivity contribution in [2.45, 2.75) is 50.4 Å². The van der Waals surface area contributed by atoms with Crippen molar-refractivity contribution < 1.29 is 28.2 Å². The quantitative estimate of drug-likeness (QED) is 0.640. The average molecular weight is 360 g/mol. The van der Waals surface area contributed by atoms with Crippen LogP contribution in [0.1, 0.15) is 37.0 Å². The number of carbonyl (C=O) groups excluding carboxylic acids is 1. The third kappa shape index (κ3) is 3.96. The molecule has 0 saturated carbocycles. The highest BCUT2D eigenvalue weighted by molar-refractivity contribution is 5.85. The molecule has 0 spiro atoms. The van der Waals surface area contributed by atoms with Crippen LogP contribution in [0.3, 0.4) is 0 Å². The second-order valence-corrected chi connectivity index (χ2v) is 6.60. The summed E-state index contributed by atoms with van der Waals surface area (Å²) in [5, 5.41) is 25.0. The number of hydrogen-bond donors (Lipinski definition) is 4. The molecule has 1 aliphatic heterocycles. The first-order chi connectivity index (χ1) is 11.6.